The Morgan fingerprint density at radius 2 is 1.75 bits per heavy atom. The smallest absolute Gasteiger partial charge is 0.253 e. The number of phenolic OH excluding ortho intramolecular Hbond substituents is 1. The first-order valence-corrected chi connectivity index (χ1v) is 24.3. The minimum atomic E-state index is -2.49. The van der Waals surface area contributed by atoms with Gasteiger partial charge < -0.3 is 83.1 Å². The van der Waals surface area contributed by atoms with Crippen LogP contribution in [0.5, 0.6) is 17.2 Å². The standard InChI is InChI=1S/C51H62N8O14/c1-55-50(54)58-29-7-6-26-37(24-4-8-33(52)57-18-24)22(12-14-60)3-5-27-38(26)41(29)45(66)43-39(27)44(65)40-28(20-61)30(71-2)16-31(42(40)46(43)67)72-49-47(68)48(69)51(70,32(21-62)73-49)17-25(23-11-13-56-34(53)15-23)19-59-35(63)9-10-36(59)64/h4,8-11,15-16,18,22,25-26,29,32-33,37,47-49,56-57,60-62,66,68-70H,3,5-7,12-14,17,19-21,52-53H2,1-2H3,(H3,54,55,58). The Kier molecular flexibility index (Phi) is 14.3. The molecule has 11 atom stereocenters. The van der Waals surface area contributed by atoms with E-state index in [1.807, 2.05) is 18.4 Å². The van der Waals surface area contributed by atoms with Crippen LogP contribution in [0.25, 0.3) is 0 Å². The third-order valence-electron chi connectivity index (χ3n) is 15.6. The van der Waals surface area contributed by atoms with Crippen molar-refractivity contribution in [3.63, 3.8) is 0 Å². The van der Waals surface area contributed by atoms with Crippen LogP contribution in [0.3, 0.4) is 0 Å². The third kappa shape index (κ3) is 8.84. The highest BCUT2D eigenvalue weighted by Crippen LogP contribution is 2.57. The molecule has 3 aliphatic carbocycles. The lowest BCUT2D eigenvalue weighted by molar-refractivity contribution is -0.316. The number of carbonyl (C=O) groups is 4. The number of allylic oxidation sites excluding steroid dienone is 3. The Morgan fingerprint density at radius 3 is 2.40 bits per heavy atom. The molecule has 2 amide bonds. The summed E-state index contributed by atoms with van der Waals surface area (Å²) in [6, 6.07) is 0.499. The van der Waals surface area contributed by atoms with E-state index in [-0.39, 0.29) is 83.7 Å². The second-order valence-corrected chi connectivity index (χ2v) is 19.5. The lowest BCUT2D eigenvalue weighted by Gasteiger charge is -2.49. The van der Waals surface area contributed by atoms with E-state index in [9.17, 15) is 45.3 Å². The number of aliphatic hydroxyl groups is 6. The van der Waals surface area contributed by atoms with Gasteiger partial charge in [0, 0.05) is 79.3 Å². The van der Waals surface area contributed by atoms with Gasteiger partial charge >= 0.3 is 0 Å². The number of rotatable bonds is 14. The molecule has 0 spiro atoms. The first kappa shape index (κ1) is 51.3. The van der Waals surface area contributed by atoms with E-state index in [0.29, 0.717) is 47.9 Å². The topological polar surface area (TPSA) is 367 Å². The first-order chi connectivity index (χ1) is 35.0. The zero-order valence-corrected chi connectivity index (χ0v) is 40.3. The number of hydrogen-bond acceptors (Lipinski definition) is 19. The van der Waals surface area contributed by atoms with Gasteiger partial charge in [0.2, 0.25) is 12.1 Å². The minimum absolute atomic E-state index is 0.0627. The number of aromatic hydroxyl groups is 1. The molecular weight excluding hydrogens is 949 g/mol. The largest absolute Gasteiger partial charge is 0.507 e. The van der Waals surface area contributed by atoms with Gasteiger partial charge in [-0.15, -0.1) is 0 Å². The predicted octanol–water partition coefficient (Wildman–Crippen LogP) is -1.18. The third-order valence-corrected chi connectivity index (χ3v) is 15.6. The molecule has 4 aliphatic heterocycles. The van der Waals surface area contributed by atoms with Gasteiger partial charge in [-0.3, -0.25) is 29.1 Å². The molecular formula is C51H62N8O14. The number of nitrogens with two attached hydrogens (primary N) is 3. The van der Waals surface area contributed by atoms with Crippen LogP contribution in [0.15, 0.2) is 70.7 Å². The molecule has 0 bridgehead atoms. The van der Waals surface area contributed by atoms with E-state index in [1.165, 1.54) is 26.3 Å². The number of methoxy groups -OCH3 is 1. The van der Waals surface area contributed by atoms with Crippen LogP contribution in [-0.2, 0) is 27.4 Å². The van der Waals surface area contributed by atoms with Crippen molar-refractivity contribution < 1.29 is 69.1 Å². The highest BCUT2D eigenvalue weighted by molar-refractivity contribution is 6.31. The van der Waals surface area contributed by atoms with Gasteiger partial charge in [0.05, 0.1) is 49.5 Å². The van der Waals surface area contributed by atoms with Gasteiger partial charge in [-0.2, -0.15) is 0 Å². The molecule has 22 nitrogen and oxygen atoms in total. The Labute approximate surface area is 419 Å². The molecule has 1 saturated heterocycles. The summed E-state index contributed by atoms with van der Waals surface area (Å²) in [5.41, 5.74) is 17.6. The van der Waals surface area contributed by atoms with E-state index < -0.39 is 108 Å². The molecule has 390 valence electrons. The van der Waals surface area contributed by atoms with Gasteiger partial charge in [0.15, 0.2) is 11.7 Å². The van der Waals surface area contributed by atoms with Gasteiger partial charge in [0.25, 0.3) is 11.8 Å². The Bertz CT molecular complexity index is 2780. The maximum absolute atomic E-state index is 15.6. The van der Waals surface area contributed by atoms with Crippen LogP contribution in [0.4, 0.5) is 0 Å². The highest BCUT2D eigenvalue weighted by Gasteiger charge is 2.57. The van der Waals surface area contributed by atoms with Crippen molar-refractivity contribution in [2.75, 3.05) is 40.5 Å². The van der Waals surface area contributed by atoms with Gasteiger partial charge in [-0.05, 0) is 90.7 Å². The van der Waals surface area contributed by atoms with Crippen molar-refractivity contribution in [1.29, 1.82) is 0 Å². The summed E-state index contributed by atoms with van der Waals surface area (Å²) in [4.78, 5) is 61.6. The molecule has 1 fully saturated rings. The number of fused-ring (bicyclic) bond motifs is 3. The number of ketones is 2. The summed E-state index contributed by atoms with van der Waals surface area (Å²) < 4.78 is 18.0. The number of phenols is 1. The molecule has 0 radical (unpaired) electrons. The molecule has 0 saturated carbocycles. The van der Waals surface area contributed by atoms with Crippen molar-refractivity contribution in [2.24, 2.45) is 39.9 Å². The van der Waals surface area contributed by atoms with E-state index in [2.05, 4.69) is 20.9 Å². The summed E-state index contributed by atoms with van der Waals surface area (Å²) in [6.07, 6.45) is 4.23. The van der Waals surface area contributed by atoms with E-state index in [4.69, 9.17) is 31.4 Å². The first-order valence-electron chi connectivity index (χ1n) is 24.3. The molecule has 2 aromatic carbocycles. The molecule has 7 aliphatic rings. The number of carbonyl (C=O) groups excluding carboxylic acids is 4. The normalized spacial score (nSPS) is 30.0. The highest BCUT2D eigenvalue weighted by atomic mass is 16.7. The lowest BCUT2D eigenvalue weighted by atomic mass is 9.65. The number of hydrogen-bond donors (Lipinski definition) is 13. The Morgan fingerprint density at radius 1 is 1.01 bits per heavy atom. The number of ether oxygens (including phenoxy) is 3. The fraction of sp³-hybridized carbons (Fsp3) is 0.471. The number of amides is 2. The van der Waals surface area contributed by atoms with Crippen LogP contribution >= 0.6 is 0 Å². The summed E-state index contributed by atoms with van der Waals surface area (Å²) in [7, 11) is 2.76. The number of guanidine groups is 1. The van der Waals surface area contributed by atoms with Crippen LogP contribution in [0, 0.1) is 17.8 Å². The number of aliphatic hydroxyl groups excluding tert-OH is 5. The van der Waals surface area contributed by atoms with E-state index >= 15 is 9.59 Å². The molecule has 16 N–H and O–H groups in total. The molecule has 9 rings (SSSR count). The lowest BCUT2D eigenvalue weighted by Crippen LogP contribution is -2.68. The van der Waals surface area contributed by atoms with Gasteiger partial charge in [-0.25, -0.2) is 0 Å². The predicted molar refractivity (Wildman–Crippen MR) is 260 cm³/mol. The summed E-state index contributed by atoms with van der Waals surface area (Å²) in [5, 5.41) is 90.3. The summed E-state index contributed by atoms with van der Waals surface area (Å²) in [6.45, 7) is -1.92. The van der Waals surface area contributed by atoms with Crippen LogP contribution in [0.2, 0.25) is 0 Å². The number of dihydropyridines is 2. The number of benzene rings is 2. The van der Waals surface area contributed by atoms with Crippen molar-refractivity contribution in [2.45, 2.75) is 93.5 Å². The molecule has 0 aromatic heterocycles. The van der Waals surface area contributed by atoms with Crippen molar-refractivity contribution in [3.8, 4) is 17.2 Å². The average molecular weight is 1010 g/mol. The van der Waals surface area contributed by atoms with Crippen molar-refractivity contribution in [3.05, 3.63) is 110 Å². The minimum Gasteiger partial charge on any atom is -0.507 e. The van der Waals surface area contributed by atoms with Crippen LogP contribution in [0.1, 0.15) is 98.2 Å². The SMILES string of the molecule is CN=C(N)NC1CCC2c3c(c4c(c(O)c31)C(=O)c1c(OC3OC(CO)C(O)(CC(CN5C(=O)C=CC5=O)C5=CCNC(N)=C5)C(O)C3O)cc(OC)c(CO)c1C4=O)CCC(CCO)C2C1=CNC(N)C=C1. The molecule has 4 heterocycles. The number of imide groups is 1. The Hall–Kier alpha value is -6.63. The zero-order valence-electron chi connectivity index (χ0n) is 40.3. The monoisotopic (exact) mass is 1010 g/mol. The zero-order chi connectivity index (χ0) is 52.2. The van der Waals surface area contributed by atoms with E-state index in [1.54, 1.807) is 6.08 Å². The number of nitrogens with one attached hydrogen (secondary N) is 3. The van der Waals surface area contributed by atoms with Crippen LogP contribution in [-0.4, -0.2) is 147 Å². The fourth-order valence-corrected chi connectivity index (χ4v) is 12.1. The average Bonchev–Trinajstić information content (AvgIpc) is 3.60. The molecule has 22 heteroatoms. The Balaban J connectivity index is 1.13. The fourth-order valence-electron chi connectivity index (χ4n) is 12.1. The molecule has 2 aromatic rings. The molecule has 73 heavy (non-hydrogen) atoms. The second-order valence-electron chi connectivity index (χ2n) is 19.5. The van der Waals surface area contributed by atoms with Gasteiger partial charge in [0.1, 0.15) is 41.2 Å². The van der Waals surface area contributed by atoms with Gasteiger partial charge in [-0.1, -0.05) is 12.2 Å². The maximum Gasteiger partial charge on any atom is 0.253 e. The van der Waals surface area contributed by atoms with Crippen LogP contribution < -0.4 is 42.6 Å². The summed E-state index contributed by atoms with van der Waals surface area (Å²) >= 11 is 0. The summed E-state index contributed by atoms with van der Waals surface area (Å²) in [5.74, 6) is -5.24. The van der Waals surface area contributed by atoms with Crippen molar-refractivity contribution in [1.82, 2.24) is 20.9 Å². The quantitative estimate of drug-likeness (QED) is 0.0513. The second kappa shape index (κ2) is 20.3. The number of nitrogens with zero attached hydrogens (tertiary/aromatic N) is 2. The molecule has 11 unspecified atom stereocenters. The number of aliphatic imine (C=N–C) groups is 1. The van der Waals surface area contributed by atoms with Crippen molar-refractivity contribution >= 4 is 29.3 Å². The van der Waals surface area contributed by atoms with E-state index in [0.717, 1.165) is 22.6 Å². The maximum atomic E-state index is 15.6.